The number of carbonyl (C=O) groups is 1. The molecule has 0 spiro atoms. The highest BCUT2D eigenvalue weighted by Gasteiger charge is 2.18. The van der Waals surface area contributed by atoms with Gasteiger partial charge in [-0.15, -0.1) is 0 Å². The van der Waals surface area contributed by atoms with Gasteiger partial charge < -0.3 is 14.5 Å². The first-order valence-electron chi connectivity index (χ1n) is 8.38. The Morgan fingerprint density at radius 2 is 2.15 bits per heavy atom. The van der Waals surface area contributed by atoms with E-state index in [1.165, 1.54) is 30.0 Å². The first-order valence-corrected chi connectivity index (χ1v) is 9.36. The predicted octanol–water partition coefficient (Wildman–Crippen LogP) is 3.65. The van der Waals surface area contributed by atoms with Crippen LogP contribution in [0, 0.1) is 5.82 Å². The third kappa shape index (κ3) is 3.52. The molecule has 1 aliphatic carbocycles. The summed E-state index contributed by atoms with van der Waals surface area (Å²) < 4.78 is 19.6. The number of carboxylic acids is 1. The van der Waals surface area contributed by atoms with Crippen LogP contribution in [-0.2, 0) is 18.6 Å². The van der Waals surface area contributed by atoms with Crippen LogP contribution in [0.15, 0.2) is 44.7 Å². The Bertz CT molecular complexity index is 1090. The zero-order valence-corrected chi connectivity index (χ0v) is 14.9. The van der Waals surface area contributed by atoms with Gasteiger partial charge in [0.2, 0.25) is 5.76 Å². The Labute approximate surface area is 157 Å². The van der Waals surface area contributed by atoms with Gasteiger partial charge in [-0.05, 0) is 43.0 Å². The van der Waals surface area contributed by atoms with Crippen LogP contribution < -0.4 is 5.56 Å². The molecule has 0 bridgehead atoms. The molecule has 6 nitrogen and oxygen atoms in total. The highest BCUT2D eigenvalue weighted by Crippen LogP contribution is 2.27. The van der Waals surface area contributed by atoms with Crippen molar-refractivity contribution in [2.75, 3.05) is 0 Å². The first kappa shape index (κ1) is 17.5. The maximum Gasteiger partial charge on any atom is 0.371 e. The fourth-order valence-corrected chi connectivity index (χ4v) is 3.92. The molecule has 0 unspecified atom stereocenters. The Balaban J connectivity index is 1.51. The lowest BCUT2D eigenvalue weighted by Gasteiger charge is -2.06. The number of nitrogens with one attached hydrogen (secondary N) is 1. The second kappa shape index (κ2) is 7.03. The van der Waals surface area contributed by atoms with Crippen LogP contribution >= 0.6 is 11.8 Å². The van der Waals surface area contributed by atoms with Crippen molar-refractivity contribution in [3.05, 3.63) is 69.1 Å². The zero-order valence-electron chi connectivity index (χ0n) is 14.1. The molecule has 0 atom stereocenters. The molecule has 8 heteroatoms. The summed E-state index contributed by atoms with van der Waals surface area (Å²) in [5, 5.41) is 9.39. The number of H-pyrrole nitrogens is 1. The zero-order chi connectivity index (χ0) is 19.0. The summed E-state index contributed by atoms with van der Waals surface area (Å²) in [6.07, 6.45) is 2.50. The van der Waals surface area contributed by atoms with Crippen molar-refractivity contribution in [2.24, 2.45) is 0 Å². The van der Waals surface area contributed by atoms with Crippen LogP contribution in [0.25, 0.3) is 11.3 Å². The van der Waals surface area contributed by atoms with Crippen LogP contribution in [0.5, 0.6) is 0 Å². The number of rotatable bonds is 5. The van der Waals surface area contributed by atoms with Gasteiger partial charge in [0.25, 0.3) is 5.56 Å². The van der Waals surface area contributed by atoms with Crippen LogP contribution in [0.3, 0.4) is 0 Å². The molecule has 2 aromatic heterocycles. The van der Waals surface area contributed by atoms with E-state index in [1.54, 1.807) is 12.1 Å². The predicted molar refractivity (Wildman–Crippen MR) is 97.5 cm³/mol. The van der Waals surface area contributed by atoms with Gasteiger partial charge in [0, 0.05) is 16.9 Å². The fourth-order valence-electron chi connectivity index (χ4n) is 3.06. The molecule has 4 rings (SSSR count). The van der Waals surface area contributed by atoms with Crippen LogP contribution in [0.1, 0.15) is 33.8 Å². The van der Waals surface area contributed by atoms with Crippen LogP contribution in [-0.4, -0.2) is 21.0 Å². The second-order valence-corrected chi connectivity index (χ2v) is 7.18. The number of aryl methyl sites for hydroxylation is 1. The summed E-state index contributed by atoms with van der Waals surface area (Å²) in [4.78, 5) is 30.1. The molecule has 2 N–H and O–H groups in total. The largest absolute Gasteiger partial charge is 0.475 e. The van der Waals surface area contributed by atoms with Crippen molar-refractivity contribution < 1.29 is 18.7 Å². The number of carboxylic acid groups (broad SMARTS) is 1. The van der Waals surface area contributed by atoms with Crippen molar-refractivity contribution in [2.45, 2.75) is 30.2 Å². The number of thioether (sulfide) groups is 1. The topological polar surface area (TPSA) is 96.2 Å². The smallest absolute Gasteiger partial charge is 0.371 e. The Morgan fingerprint density at radius 3 is 2.89 bits per heavy atom. The van der Waals surface area contributed by atoms with Crippen molar-refractivity contribution >= 4 is 17.7 Å². The lowest BCUT2D eigenvalue weighted by Crippen LogP contribution is -2.14. The molecule has 0 saturated carbocycles. The monoisotopic (exact) mass is 386 g/mol. The third-order valence-corrected chi connectivity index (χ3v) is 5.36. The molecule has 1 aliphatic rings. The van der Waals surface area contributed by atoms with E-state index >= 15 is 0 Å². The molecule has 1 aromatic carbocycles. The van der Waals surface area contributed by atoms with Gasteiger partial charge >= 0.3 is 5.97 Å². The lowest BCUT2D eigenvalue weighted by molar-refractivity contribution is 0.0663. The lowest BCUT2D eigenvalue weighted by atomic mass is 10.1. The molecule has 0 amide bonds. The standard InChI is InChI=1S/C19H15FN2O4S/c20-13-8-10(15-6-7-16(26-15)18(24)25)4-5-11(13)9-27-19-21-14-3-1-2-12(14)17(23)22-19/h4-8H,1-3,9H2,(H,24,25)(H,21,22,23). The summed E-state index contributed by atoms with van der Waals surface area (Å²) >= 11 is 1.27. The van der Waals surface area contributed by atoms with Crippen molar-refractivity contribution in [1.29, 1.82) is 0 Å². The number of aromatic carboxylic acids is 1. The van der Waals surface area contributed by atoms with E-state index in [1.807, 2.05) is 0 Å². The van der Waals surface area contributed by atoms with E-state index in [-0.39, 0.29) is 17.1 Å². The maximum atomic E-state index is 14.4. The molecule has 138 valence electrons. The van der Waals surface area contributed by atoms with Crippen molar-refractivity contribution in [3.63, 3.8) is 0 Å². The SMILES string of the molecule is O=C(O)c1ccc(-c2ccc(CSc3nc4c(c(=O)[nH]3)CCC4)c(F)c2)o1. The van der Waals surface area contributed by atoms with Crippen LogP contribution in [0.2, 0.25) is 0 Å². The number of hydrogen-bond donors (Lipinski definition) is 2. The van der Waals surface area contributed by atoms with Crippen molar-refractivity contribution in [3.8, 4) is 11.3 Å². The summed E-state index contributed by atoms with van der Waals surface area (Å²) in [7, 11) is 0. The van der Waals surface area contributed by atoms with Crippen molar-refractivity contribution in [1.82, 2.24) is 9.97 Å². The third-order valence-electron chi connectivity index (χ3n) is 4.44. The molecular weight excluding hydrogens is 371 g/mol. The van der Waals surface area contributed by atoms with E-state index in [0.717, 1.165) is 30.5 Å². The van der Waals surface area contributed by atoms with E-state index < -0.39 is 11.8 Å². The maximum absolute atomic E-state index is 14.4. The highest BCUT2D eigenvalue weighted by molar-refractivity contribution is 7.98. The summed E-state index contributed by atoms with van der Waals surface area (Å²) in [5.74, 6) is -1.21. The van der Waals surface area contributed by atoms with Crippen LogP contribution in [0.4, 0.5) is 4.39 Å². The number of halogens is 1. The summed E-state index contributed by atoms with van der Waals surface area (Å²) in [6.45, 7) is 0. The molecule has 0 radical (unpaired) electrons. The molecule has 27 heavy (non-hydrogen) atoms. The number of furan rings is 1. The second-order valence-electron chi connectivity index (χ2n) is 6.21. The highest BCUT2D eigenvalue weighted by atomic mass is 32.2. The van der Waals surface area contributed by atoms with Gasteiger partial charge in [-0.1, -0.05) is 23.9 Å². The fraction of sp³-hybridized carbons (Fsp3) is 0.211. The summed E-state index contributed by atoms with van der Waals surface area (Å²) in [6, 6.07) is 7.41. The van der Waals surface area contributed by atoms with E-state index in [2.05, 4.69) is 9.97 Å². The first-order chi connectivity index (χ1) is 13.0. The van der Waals surface area contributed by atoms with Gasteiger partial charge in [-0.3, -0.25) is 4.79 Å². The Hall–Kier alpha value is -2.87. The van der Waals surface area contributed by atoms with Gasteiger partial charge in [0.1, 0.15) is 11.6 Å². The van der Waals surface area contributed by atoms with E-state index in [4.69, 9.17) is 9.52 Å². The minimum absolute atomic E-state index is 0.108. The minimum atomic E-state index is -1.18. The normalized spacial score (nSPS) is 12.9. The van der Waals surface area contributed by atoms with Gasteiger partial charge in [-0.2, -0.15) is 0 Å². The number of nitrogens with zero attached hydrogens (tertiary/aromatic N) is 1. The molecule has 0 fully saturated rings. The van der Waals surface area contributed by atoms with Gasteiger partial charge in [0.05, 0.1) is 5.69 Å². The quantitative estimate of drug-likeness (QED) is 0.513. The van der Waals surface area contributed by atoms with E-state index in [0.29, 0.717) is 22.0 Å². The Kier molecular flexibility index (Phi) is 4.57. The van der Waals surface area contributed by atoms with E-state index in [9.17, 15) is 14.0 Å². The number of aromatic amines is 1. The Morgan fingerprint density at radius 1 is 1.30 bits per heavy atom. The van der Waals surface area contributed by atoms with Gasteiger partial charge in [0.15, 0.2) is 5.16 Å². The average Bonchev–Trinajstić information content (AvgIpc) is 3.30. The number of aromatic nitrogens is 2. The number of hydrogen-bond acceptors (Lipinski definition) is 5. The molecule has 0 aliphatic heterocycles. The molecular formula is C19H15FN2O4S. The minimum Gasteiger partial charge on any atom is -0.475 e. The molecule has 2 heterocycles. The molecule has 0 saturated heterocycles. The number of fused-ring (bicyclic) bond motifs is 1. The molecule has 3 aromatic rings. The summed E-state index contributed by atoms with van der Waals surface area (Å²) in [5.41, 5.74) is 2.40. The number of benzene rings is 1. The average molecular weight is 386 g/mol. The van der Waals surface area contributed by atoms with Gasteiger partial charge in [-0.25, -0.2) is 14.2 Å².